The Balaban J connectivity index is 2.81. The fraction of sp³-hybridized carbons (Fsp3) is 0.250. The van der Waals surface area contributed by atoms with Crippen LogP contribution in [0.5, 0.6) is 5.75 Å². The molecule has 1 rings (SSSR count). The molecule has 14 heavy (non-hydrogen) atoms. The number of hydrogen-bond donors (Lipinski definition) is 1. The standard InChI is InChI=1S/C8H9ClO4S/c1-14(11,12)13-5-6-4-7(9)2-3-8(6)10/h2-4,10H,5H2,1H3. The Labute approximate surface area is 87.2 Å². The lowest BCUT2D eigenvalue weighted by atomic mass is 10.2. The van der Waals surface area contributed by atoms with Crippen LogP contribution in [0.3, 0.4) is 0 Å². The van der Waals surface area contributed by atoms with E-state index in [-0.39, 0.29) is 12.4 Å². The van der Waals surface area contributed by atoms with Crippen molar-refractivity contribution in [3.8, 4) is 5.75 Å². The first-order chi connectivity index (χ1) is 6.38. The molecule has 0 spiro atoms. The van der Waals surface area contributed by atoms with Crippen LogP contribution in [-0.2, 0) is 20.9 Å². The lowest BCUT2D eigenvalue weighted by Crippen LogP contribution is -2.02. The van der Waals surface area contributed by atoms with Crippen molar-refractivity contribution in [1.82, 2.24) is 0 Å². The number of phenols is 1. The van der Waals surface area contributed by atoms with Crippen molar-refractivity contribution >= 4 is 21.7 Å². The minimum Gasteiger partial charge on any atom is -0.508 e. The van der Waals surface area contributed by atoms with E-state index in [0.717, 1.165) is 6.26 Å². The fourth-order valence-electron chi connectivity index (χ4n) is 0.840. The zero-order chi connectivity index (χ0) is 10.8. The van der Waals surface area contributed by atoms with E-state index in [0.29, 0.717) is 10.6 Å². The molecule has 6 heteroatoms. The molecule has 0 aliphatic rings. The summed E-state index contributed by atoms with van der Waals surface area (Å²) in [6.45, 7) is -0.217. The van der Waals surface area contributed by atoms with Gasteiger partial charge in [0.25, 0.3) is 10.1 Å². The molecule has 78 valence electrons. The molecule has 0 saturated carbocycles. The van der Waals surface area contributed by atoms with E-state index in [1.165, 1.54) is 18.2 Å². The van der Waals surface area contributed by atoms with Crippen LogP contribution >= 0.6 is 11.6 Å². The molecule has 4 nitrogen and oxygen atoms in total. The lowest BCUT2D eigenvalue weighted by molar-refractivity contribution is 0.305. The normalized spacial score (nSPS) is 11.6. The van der Waals surface area contributed by atoms with Gasteiger partial charge >= 0.3 is 0 Å². The Bertz CT molecular complexity index is 427. The van der Waals surface area contributed by atoms with Crippen LogP contribution in [0.1, 0.15) is 5.56 Å². The molecule has 0 aromatic heterocycles. The molecule has 0 aliphatic carbocycles. The van der Waals surface area contributed by atoms with Gasteiger partial charge < -0.3 is 5.11 Å². The first-order valence-corrected chi connectivity index (χ1v) is 5.90. The molecule has 0 unspecified atom stereocenters. The van der Waals surface area contributed by atoms with E-state index >= 15 is 0 Å². The van der Waals surface area contributed by atoms with Gasteiger partial charge in [-0.05, 0) is 18.2 Å². The molecule has 0 heterocycles. The average Bonchev–Trinajstić information content (AvgIpc) is 2.05. The molecule has 1 N–H and O–H groups in total. The first-order valence-electron chi connectivity index (χ1n) is 3.70. The van der Waals surface area contributed by atoms with Crippen molar-refractivity contribution in [1.29, 1.82) is 0 Å². The minimum absolute atomic E-state index is 0.0435. The van der Waals surface area contributed by atoms with Crippen LogP contribution in [0.4, 0.5) is 0 Å². The van der Waals surface area contributed by atoms with E-state index in [1.54, 1.807) is 0 Å². The third-order valence-electron chi connectivity index (χ3n) is 1.47. The van der Waals surface area contributed by atoms with Gasteiger partial charge in [-0.3, -0.25) is 4.18 Å². The molecular formula is C8H9ClO4S. The summed E-state index contributed by atoms with van der Waals surface area (Å²) < 4.78 is 25.8. The van der Waals surface area contributed by atoms with Crippen molar-refractivity contribution in [2.24, 2.45) is 0 Å². The van der Waals surface area contributed by atoms with Crippen LogP contribution in [0.15, 0.2) is 18.2 Å². The summed E-state index contributed by atoms with van der Waals surface area (Å²) in [5, 5.41) is 9.71. The maximum absolute atomic E-state index is 10.7. The Morgan fingerprint density at radius 3 is 2.71 bits per heavy atom. The predicted octanol–water partition coefficient (Wildman–Crippen LogP) is 1.52. The van der Waals surface area contributed by atoms with Crippen molar-refractivity contribution in [3.05, 3.63) is 28.8 Å². The zero-order valence-corrected chi connectivity index (χ0v) is 8.97. The van der Waals surface area contributed by atoms with Crippen LogP contribution in [-0.4, -0.2) is 19.8 Å². The highest BCUT2D eigenvalue weighted by molar-refractivity contribution is 7.85. The van der Waals surface area contributed by atoms with Crippen molar-refractivity contribution < 1.29 is 17.7 Å². The fourth-order valence-corrected chi connectivity index (χ4v) is 1.38. The van der Waals surface area contributed by atoms with Crippen LogP contribution in [0, 0.1) is 0 Å². The SMILES string of the molecule is CS(=O)(=O)OCc1cc(Cl)ccc1O. The highest BCUT2D eigenvalue weighted by Gasteiger charge is 2.06. The molecule has 0 bridgehead atoms. The quantitative estimate of drug-likeness (QED) is 0.809. The van der Waals surface area contributed by atoms with Crippen LogP contribution in [0.25, 0.3) is 0 Å². The third kappa shape index (κ3) is 3.53. The molecule has 0 atom stereocenters. The van der Waals surface area contributed by atoms with E-state index in [4.69, 9.17) is 11.6 Å². The predicted molar refractivity (Wildman–Crippen MR) is 52.7 cm³/mol. The van der Waals surface area contributed by atoms with E-state index < -0.39 is 10.1 Å². The highest BCUT2D eigenvalue weighted by Crippen LogP contribution is 2.22. The summed E-state index contributed by atoms with van der Waals surface area (Å²) in [6.07, 6.45) is 0.939. The van der Waals surface area contributed by atoms with Crippen molar-refractivity contribution in [3.63, 3.8) is 0 Å². The Morgan fingerprint density at radius 2 is 2.14 bits per heavy atom. The second kappa shape index (κ2) is 4.16. The molecule has 1 aromatic rings. The molecule has 1 aromatic carbocycles. The summed E-state index contributed by atoms with van der Waals surface area (Å²) in [5.41, 5.74) is 0.336. The summed E-state index contributed by atoms with van der Waals surface area (Å²) in [7, 11) is -3.51. The van der Waals surface area contributed by atoms with Gasteiger partial charge in [-0.1, -0.05) is 11.6 Å². The highest BCUT2D eigenvalue weighted by atomic mass is 35.5. The maximum atomic E-state index is 10.7. The Kier molecular flexibility index (Phi) is 3.36. The Morgan fingerprint density at radius 1 is 1.50 bits per heavy atom. The van der Waals surface area contributed by atoms with Gasteiger partial charge in [0, 0.05) is 10.6 Å². The second-order valence-electron chi connectivity index (χ2n) is 2.74. The van der Waals surface area contributed by atoms with Gasteiger partial charge in [0.1, 0.15) is 5.75 Å². The number of halogens is 1. The summed E-state index contributed by atoms with van der Waals surface area (Å²) in [6, 6.07) is 4.33. The summed E-state index contributed by atoms with van der Waals surface area (Å²) >= 11 is 5.65. The Hall–Kier alpha value is -0.780. The minimum atomic E-state index is -3.51. The van der Waals surface area contributed by atoms with Crippen molar-refractivity contribution in [2.75, 3.05) is 6.26 Å². The van der Waals surface area contributed by atoms with E-state index in [9.17, 15) is 13.5 Å². The maximum Gasteiger partial charge on any atom is 0.264 e. The summed E-state index contributed by atoms with van der Waals surface area (Å²) in [5.74, 6) is -0.0435. The third-order valence-corrected chi connectivity index (χ3v) is 2.25. The molecule has 0 fully saturated rings. The topological polar surface area (TPSA) is 63.6 Å². The number of aromatic hydroxyl groups is 1. The number of rotatable bonds is 3. The largest absolute Gasteiger partial charge is 0.508 e. The van der Waals surface area contributed by atoms with Gasteiger partial charge in [0.05, 0.1) is 12.9 Å². The summed E-state index contributed by atoms with van der Waals surface area (Å²) in [4.78, 5) is 0. The van der Waals surface area contributed by atoms with Gasteiger partial charge in [-0.15, -0.1) is 0 Å². The molecular weight excluding hydrogens is 228 g/mol. The number of phenolic OH excluding ortho intramolecular Hbond substituents is 1. The van der Waals surface area contributed by atoms with Gasteiger partial charge in [-0.25, -0.2) is 0 Å². The van der Waals surface area contributed by atoms with Gasteiger partial charge in [0.2, 0.25) is 0 Å². The zero-order valence-electron chi connectivity index (χ0n) is 7.40. The van der Waals surface area contributed by atoms with Gasteiger partial charge in [0.15, 0.2) is 0 Å². The monoisotopic (exact) mass is 236 g/mol. The molecule has 0 radical (unpaired) electrons. The van der Waals surface area contributed by atoms with Crippen molar-refractivity contribution in [2.45, 2.75) is 6.61 Å². The molecule has 0 aliphatic heterocycles. The smallest absolute Gasteiger partial charge is 0.264 e. The number of hydrogen-bond acceptors (Lipinski definition) is 4. The number of benzene rings is 1. The van der Waals surface area contributed by atoms with Gasteiger partial charge in [-0.2, -0.15) is 8.42 Å². The van der Waals surface area contributed by atoms with Crippen LogP contribution in [0.2, 0.25) is 5.02 Å². The molecule has 0 amide bonds. The van der Waals surface area contributed by atoms with Crippen LogP contribution < -0.4 is 0 Å². The average molecular weight is 237 g/mol. The van der Waals surface area contributed by atoms with E-state index in [2.05, 4.69) is 4.18 Å². The molecule has 0 saturated heterocycles. The lowest BCUT2D eigenvalue weighted by Gasteiger charge is -2.04. The second-order valence-corrected chi connectivity index (χ2v) is 4.82. The van der Waals surface area contributed by atoms with E-state index in [1.807, 2.05) is 0 Å². The first kappa shape index (κ1) is 11.3.